The third kappa shape index (κ3) is 14.6. The maximum atomic E-state index is 14.2. The highest BCUT2D eigenvalue weighted by Crippen LogP contribution is 2.27. The van der Waals surface area contributed by atoms with E-state index in [2.05, 4.69) is 51.1 Å². The van der Waals surface area contributed by atoms with Gasteiger partial charge in [0.1, 0.15) is 66.1 Å². The molecule has 15 N–H and O–H groups in total. The van der Waals surface area contributed by atoms with Gasteiger partial charge in [0.2, 0.25) is 35.4 Å². The first-order valence-electron chi connectivity index (χ1n) is 22.0. The third-order valence-corrected chi connectivity index (χ3v) is 11.6. The van der Waals surface area contributed by atoms with Gasteiger partial charge in [-0.3, -0.25) is 33.6 Å². The molecule has 0 saturated carbocycles. The highest BCUT2D eigenvalue weighted by atomic mass is 16.5. The molecule has 2 aromatic carbocycles. The van der Waals surface area contributed by atoms with Gasteiger partial charge in [-0.15, -0.1) is 6.42 Å². The van der Waals surface area contributed by atoms with E-state index >= 15 is 0 Å². The first-order chi connectivity index (χ1) is 33.5. The number of carbonyl (C=O) groups excluding carboxylic acids is 7. The molecule has 14 atom stereocenters. The first kappa shape index (κ1) is 56.3. The molecule has 0 aliphatic carbocycles. The zero-order valence-electron chi connectivity index (χ0n) is 38.6. The maximum absolute atomic E-state index is 14.2. The number of nitrogens with zero attached hydrogens (tertiary/aromatic N) is 2. The zero-order valence-corrected chi connectivity index (χ0v) is 38.6. The molecule has 14 unspecified atom stereocenters. The molecule has 7 amide bonds. The fourth-order valence-electron chi connectivity index (χ4n) is 7.79. The number of carbonyl (C=O) groups is 7. The molecular formula is C47H57N7O17. The van der Waals surface area contributed by atoms with Crippen LogP contribution in [0.2, 0.25) is 0 Å². The Hall–Kier alpha value is -7.31. The first-order valence-corrected chi connectivity index (χ1v) is 22.0. The Morgan fingerprint density at radius 3 is 1.94 bits per heavy atom. The Bertz CT molecular complexity index is 2420. The lowest BCUT2D eigenvalue weighted by molar-refractivity contribution is -0.147. The number of primary amides is 1. The van der Waals surface area contributed by atoms with E-state index in [0.717, 1.165) is 35.8 Å². The maximum Gasteiger partial charge on any atom is 0.251 e. The summed E-state index contributed by atoms with van der Waals surface area (Å²) in [5, 5.41) is 104. The fraction of sp³-hybridized carbons (Fsp3) is 0.468. The zero-order chi connectivity index (χ0) is 52.9. The van der Waals surface area contributed by atoms with Gasteiger partial charge in [-0.1, -0.05) is 19.1 Å². The minimum atomic E-state index is -2.30. The summed E-state index contributed by atoms with van der Waals surface area (Å²) in [6, 6.07) is -1.10. The second-order valence-electron chi connectivity index (χ2n) is 17.0. The number of ether oxygens (including phenoxy) is 1. The molecule has 71 heavy (non-hydrogen) atoms. The molecule has 2 aromatic rings. The van der Waals surface area contributed by atoms with Gasteiger partial charge in [-0.05, 0) is 67.6 Å². The van der Waals surface area contributed by atoms with Gasteiger partial charge < -0.3 is 87.5 Å². The van der Waals surface area contributed by atoms with Crippen molar-refractivity contribution in [2.24, 2.45) is 11.7 Å². The van der Waals surface area contributed by atoms with Crippen LogP contribution in [0.25, 0.3) is 0 Å². The van der Waals surface area contributed by atoms with E-state index in [1.165, 1.54) is 43.3 Å². The van der Waals surface area contributed by atoms with Crippen molar-refractivity contribution in [1.82, 2.24) is 31.1 Å². The van der Waals surface area contributed by atoms with Crippen LogP contribution in [0.15, 0.2) is 48.5 Å². The van der Waals surface area contributed by atoms with Crippen LogP contribution >= 0.6 is 0 Å². The average Bonchev–Trinajstić information content (AvgIpc) is 3.88. The summed E-state index contributed by atoms with van der Waals surface area (Å²) in [5.74, 6) is 0.275. The van der Waals surface area contributed by atoms with Crippen molar-refractivity contribution in [1.29, 1.82) is 0 Å². The minimum absolute atomic E-state index is 0.0183. The number of phenolic OH excluding ortho intramolecular Hbond substituents is 1. The van der Waals surface area contributed by atoms with Crippen molar-refractivity contribution in [2.75, 3.05) is 19.7 Å². The lowest BCUT2D eigenvalue weighted by Crippen LogP contribution is -2.64. The molecule has 2 heterocycles. The number of terminal acetylenes is 1. The quantitative estimate of drug-likeness (QED) is 0.0550. The predicted octanol–water partition coefficient (Wildman–Crippen LogP) is -5.82. The molecule has 0 radical (unpaired) electrons. The van der Waals surface area contributed by atoms with Gasteiger partial charge in [-0.2, -0.15) is 0 Å². The molecular weight excluding hydrogens is 935 g/mol. The number of amides is 7. The number of aromatic hydroxyl groups is 1. The Balaban J connectivity index is 1.60. The van der Waals surface area contributed by atoms with E-state index in [4.69, 9.17) is 16.9 Å². The van der Waals surface area contributed by atoms with Gasteiger partial charge in [0, 0.05) is 49.3 Å². The average molecular weight is 992 g/mol. The minimum Gasteiger partial charge on any atom is -0.508 e. The molecule has 382 valence electrons. The number of aliphatic hydroxyl groups is 8. The highest BCUT2D eigenvalue weighted by Gasteiger charge is 2.49. The standard InChI is InChI=1S/C47H57N7O17/c1-5-6-7-8-17-71-31-15-11-27(12-16-31)42(65)49-32(18-30(60)22-55)43(66)50-34(24(3)56)46(69)53-21-29(59)19-33(53)44(67)52-36(40(63)39(62)26-9-13-28(58)14-10-26)45(68)51-35(25(4)57)47(70)54-20-23(2)38(61)37(54)41(48)64/h1,9-16,23-25,29-30,32-40,55-63H,18-22H2,2-4H3,(H2,48,64)(H,49,65)(H,50,66)(H,51,68)(H,52,67). The second-order valence-corrected chi connectivity index (χ2v) is 17.0. The number of rotatable bonds is 20. The van der Waals surface area contributed by atoms with Crippen molar-refractivity contribution in [3.8, 4) is 47.7 Å². The van der Waals surface area contributed by atoms with E-state index in [9.17, 15) is 79.5 Å². The van der Waals surface area contributed by atoms with Crippen molar-refractivity contribution >= 4 is 41.4 Å². The van der Waals surface area contributed by atoms with E-state index in [0.29, 0.717) is 0 Å². The number of aliphatic hydroxyl groups excluding tert-OH is 8. The largest absolute Gasteiger partial charge is 0.508 e. The number of nitrogens with two attached hydrogens (primary N) is 1. The van der Waals surface area contributed by atoms with E-state index in [1.54, 1.807) is 0 Å². The van der Waals surface area contributed by atoms with E-state index in [-0.39, 0.29) is 29.2 Å². The van der Waals surface area contributed by atoms with Crippen LogP contribution < -0.4 is 31.7 Å². The predicted molar refractivity (Wildman–Crippen MR) is 245 cm³/mol. The molecule has 2 aliphatic heterocycles. The summed E-state index contributed by atoms with van der Waals surface area (Å²) in [6.07, 6.45) is -6.03. The van der Waals surface area contributed by atoms with E-state index in [1.807, 2.05) is 0 Å². The molecule has 2 aliphatic rings. The van der Waals surface area contributed by atoms with Crippen LogP contribution in [0.3, 0.4) is 0 Å². The third-order valence-electron chi connectivity index (χ3n) is 11.6. The second kappa shape index (κ2) is 25.5. The lowest BCUT2D eigenvalue weighted by Gasteiger charge is -2.34. The fourth-order valence-corrected chi connectivity index (χ4v) is 7.79. The number of hydrogen-bond acceptors (Lipinski definition) is 17. The van der Waals surface area contributed by atoms with Crippen LogP contribution in [0, 0.1) is 42.1 Å². The van der Waals surface area contributed by atoms with Crippen molar-refractivity contribution < 1.29 is 84.3 Å². The SMILES string of the molecule is C#CC#CC#COc1ccc(C(=O)NC(CC(O)CO)C(=O)NC(C(=O)N2CC(O)CC2C(=O)NC(C(=O)NC(C(=O)N2CC(C)C(O)C2C(N)=O)C(C)O)C(O)C(O)c2ccc(O)cc2)C(C)O)cc1. The number of benzene rings is 2. The molecule has 0 aromatic heterocycles. The van der Waals surface area contributed by atoms with Gasteiger partial charge in [0.15, 0.2) is 0 Å². The van der Waals surface area contributed by atoms with Gasteiger partial charge in [0.05, 0.1) is 37.1 Å². The summed E-state index contributed by atoms with van der Waals surface area (Å²) in [5.41, 5.74) is 5.36. The topological polar surface area (TPSA) is 391 Å². The van der Waals surface area contributed by atoms with Gasteiger partial charge in [0.25, 0.3) is 5.91 Å². The Kier molecular flexibility index (Phi) is 20.2. The van der Waals surface area contributed by atoms with Crippen LogP contribution in [-0.2, 0) is 28.8 Å². The monoisotopic (exact) mass is 991 g/mol. The van der Waals surface area contributed by atoms with Crippen LogP contribution in [0.4, 0.5) is 0 Å². The summed E-state index contributed by atoms with van der Waals surface area (Å²) in [4.78, 5) is 97.4. The molecule has 0 spiro atoms. The highest BCUT2D eigenvalue weighted by molar-refractivity contribution is 6.00. The molecule has 24 nitrogen and oxygen atoms in total. The summed E-state index contributed by atoms with van der Waals surface area (Å²) in [7, 11) is 0. The number of phenols is 1. The van der Waals surface area contributed by atoms with Crippen molar-refractivity contribution in [3.05, 3.63) is 59.7 Å². The Morgan fingerprint density at radius 2 is 1.38 bits per heavy atom. The normalized spacial score (nSPS) is 22.1. The number of β-amino-alcohol motifs (C(OH)–C–C–N with tert-alkyl or cyclic N) is 1. The van der Waals surface area contributed by atoms with Crippen LogP contribution in [-0.4, -0.2) is 190 Å². The molecule has 2 saturated heterocycles. The summed E-state index contributed by atoms with van der Waals surface area (Å²) in [6.45, 7) is 2.01. The van der Waals surface area contributed by atoms with E-state index < -0.39 is 152 Å². The summed E-state index contributed by atoms with van der Waals surface area (Å²) >= 11 is 0. The van der Waals surface area contributed by atoms with Crippen molar-refractivity contribution in [3.63, 3.8) is 0 Å². The molecule has 0 bridgehead atoms. The summed E-state index contributed by atoms with van der Waals surface area (Å²) < 4.78 is 5.19. The Labute approximate surface area is 407 Å². The molecule has 4 rings (SSSR count). The molecule has 2 fully saturated rings. The Morgan fingerprint density at radius 1 is 0.789 bits per heavy atom. The van der Waals surface area contributed by atoms with Crippen LogP contribution in [0.5, 0.6) is 11.5 Å². The number of nitrogens with one attached hydrogen (secondary N) is 4. The molecule has 24 heteroatoms. The lowest BCUT2D eigenvalue weighted by atomic mass is 9.96. The van der Waals surface area contributed by atoms with Crippen LogP contribution in [0.1, 0.15) is 55.6 Å². The number of hydrogen-bond donors (Lipinski definition) is 14. The van der Waals surface area contributed by atoms with Gasteiger partial charge in [-0.25, -0.2) is 0 Å². The smallest absolute Gasteiger partial charge is 0.251 e. The number of likely N-dealkylation sites (tertiary alicyclic amines) is 2. The van der Waals surface area contributed by atoms with Crippen molar-refractivity contribution in [2.45, 2.75) is 113 Å². The van der Waals surface area contributed by atoms with Gasteiger partial charge >= 0.3 is 0 Å².